The monoisotopic (exact) mass is 316 g/mol. The molecule has 1 heterocycles. The van der Waals surface area contributed by atoms with Crippen molar-refractivity contribution in [1.29, 1.82) is 0 Å². The highest BCUT2D eigenvalue weighted by Gasteiger charge is 2.21. The molecule has 1 amide bonds. The maximum atomic E-state index is 12.5. The number of aromatic nitrogens is 1. The molecule has 102 valence electrons. The van der Waals surface area contributed by atoms with Crippen LogP contribution in [0.2, 0.25) is 0 Å². The van der Waals surface area contributed by atoms with Gasteiger partial charge in [-0.1, -0.05) is 0 Å². The summed E-state index contributed by atoms with van der Waals surface area (Å²) in [5.74, 6) is 0.0506. The largest absolute Gasteiger partial charge is 0.383 e. The molecular formula is C13H21BrN2O2. The second kappa shape index (κ2) is 6.95. The first-order chi connectivity index (χ1) is 8.51. The summed E-state index contributed by atoms with van der Waals surface area (Å²) in [4.78, 5) is 14.3. The molecular weight excluding hydrogens is 296 g/mol. The van der Waals surface area contributed by atoms with E-state index >= 15 is 0 Å². The van der Waals surface area contributed by atoms with Gasteiger partial charge in [-0.15, -0.1) is 0 Å². The van der Waals surface area contributed by atoms with Crippen molar-refractivity contribution in [3.05, 3.63) is 22.4 Å². The highest BCUT2D eigenvalue weighted by Crippen LogP contribution is 2.17. The van der Waals surface area contributed by atoms with Gasteiger partial charge in [0.25, 0.3) is 5.91 Å². The average Bonchev–Trinajstić information content (AvgIpc) is 2.70. The van der Waals surface area contributed by atoms with Crippen LogP contribution in [0.1, 0.15) is 31.3 Å². The van der Waals surface area contributed by atoms with Gasteiger partial charge in [-0.25, -0.2) is 0 Å². The van der Waals surface area contributed by atoms with Crippen molar-refractivity contribution in [3.63, 3.8) is 0 Å². The number of hydrogen-bond acceptors (Lipinski definition) is 2. The number of amides is 1. The first kappa shape index (κ1) is 15.2. The van der Waals surface area contributed by atoms with Crippen molar-refractivity contribution >= 4 is 21.8 Å². The number of halogens is 1. The third-order valence-corrected chi connectivity index (χ3v) is 3.28. The fourth-order valence-electron chi connectivity index (χ4n) is 1.85. The summed E-state index contributed by atoms with van der Waals surface area (Å²) in [7, 11) is 1.65. The summed E-state index contributed by atoms with van der Waals surface area (Å²) in [5, 5.41) is 0. The first-order valence-corrected chi connectivity index (χ1v) is 6.96. The molecule has 0 aliphatic carbocycles. The molecule has 0 aliphatic rings. The van der Waals surface area contributed by atoms with Crippen LogP contribution in [0.15, 0.2) is 16.7 Å². The van der Waals surface area contributed by atoms with E-state index in [0.717, 1.165) is 11.0 Å². The predicted molar refractivity (Wildman–Crippen MR) is 75.9 cm³/mol. The van der Waals surface area contributed by atoms with Gasteiger partial charge in [0.1, 0.15) is 5.69 Å². The molecule has 0 atom stereocenters. The summed E-state index contributed by atoms with van der Waals surface area (Å²) in [5.41, 5.74) is 0.717. The maximum absolute atomic E-state index is 12.5. The smallest absolute Gasteiger partial charge is 0.270 e. The van der Waals surface area contributed by atoms with E-state index in [4.69, 9.17) is 4.74 Å². The van der Waals surface area contributed by atoms with Crippen LogP contribution in [0.5, 0.6) is 0 Å². The molecule has 0 aromatic carbocycles. The van der Waals surface area contributed by atoms with Gasteiger partial charge in [0, 0.05) is 36.9 Å². The molecule has 5 heteroatoms. The van der Waals surface area contributed by atoms with Gasteiger partial charge in [0.05, 0.1) is 6.61 Å². The van der Waals surface area contributed by atoms with Gasteiger partial charge in [0.15, 0.2) is 0 Å². The van der Waals surface area contributed by atoms with Crippen LogP contribution < -0.4 is 0 Å². The highest BCUT2D eigenvalue weighted by atomic mass is 79.9. The highest BCUT2D eigenvalue weighted by molar-refractivity contribution is 9.10. The van der Waals surface area contributed by atoms with Crippen LogP contribution in [0.4, 0.5) is 0 Å². The van der Waals surface area contributed by atoms with E-state index in [0.29, 0.717) is 18.8 Å². The Hall–Kier alpha value is -0.810. The Balaban J connectivity index is 2.94. The molecule has 0 unspecified atom stereocenters. The Bertz CT molecular complexity index is 402. The lowest BCUT2D eigenvalue weighted by molar-refractivity contribution is 0.0624. The minimum atomic E-state index is 0.0506. The van der Waals surface area contributed by atoms with E-state index in [2.05, 4.69) is 15.9 Å². The lowest BCUT2D eigenvalue weighted by Gasteiger charge is -2.26. The van der Waals surface area contributed by atoms with E-state index < -0.39 is 0 Å². The predicted octanol–water partition coefficient (Wildman–Crippen LogP) is 2.77. The Labute approximate surface area is 117 Å². The lowest BCUT2D eigenvalue weighted by Crippen LogP contribution is -2.40. The van der Waals surface area contributed by atoms with Gasteiger partial charge >= 0.3 is 0 Å². The summed E-state index contributed by atoms with van der Waals surface area (Å²) in [6, 6.07) is 2.03. The first-order valence-electron chi connectivity index (χ1n) is 6.16. The van der Waals surface area contributed by atoms with Crippen LogP contribution >= 0.6 is 15.9 Å². The molecule has 0 saturated carbocycles. The molecule has 1 aromatic heterocycles. The molecule has 0 bridgehead atoms. The third kappa shape index (κ3) is 3.59. The molecule has 1 aromatic rings. The van der Waals surface area contributed by atoms with Crippen molar-refractivity contribution in [2.45, 2.75) is 33.4 Å². The standard InChI is InChI=1S/C13H21BrN2O2/c1-5-15-9-11(14)8-12(15)13(17)16(10(2)3)6-7-18-4/h8-10H,5-7H2,1-4H3. The Morgan fingerprint density at radius 2 is 2.22 bits per heavy atom. The van der Waals surface area contributed by atoms with Crippen LogP contribution in [-0.2, 0) is 11.3 Å². The fourth-order valence-corrected chi connectivity index (χ4v) is 2.31. The second-order valence-electron chi connectivity index (χ2n) is 4.41. The zero-order valence-corrected chi connectivity index (χ0v) is 13.0. The summed E-state index contributed by atoms with van der Waals surface area (Å²) >= 11 is 3.41. The number of hydrogen-bond donors (Lipinski definition) is 0. The molecule has 0 radical (unpaired) electrons. The third-order valence-electron chi connectivity index (χ3n) is 2.84. The van der Waals surface area contributed by atoms with Crippen LogP contribution in [0.25, 0.3) is 0 Å². The molecule has 0 saturated heterocycles. The number of carbonyl (C=O) groups is 1. The lowest BCUT2D eigenvalue weighted by atomic mass is 10.2. The maximum Gasteiger partial charge on any atom is 0.270 e. The molecule has 1 rings (SSSR count). The number of aryl methyl sites for hydroxylation is 1. The van der Waals surface area contributed by atoms with Crippen molar-refractivity contribution < 1.29 is 9.53 Å². The molecule has 0 spiro atoms. The average molecular weight is 317 g/mol. The van der Waals surface area contributed by atoms with Crippen molar-refractivity contribution in [2.24, 2.45) is 0 Å². The second-order valence-corrected chi connectivity index (χ2v) is 5.33. The Morgan fingerprint density at radius 1 is 1.56 bits per heavy atom. The summed E-state index contributed by atoms with van der Waals surface area (Å²) in [6.07, 6.45) is 1.93. The van der Waals surface area contributed by atoms with Crippen LogP contribution in [-0.4, -0.2) is 41.7 Å². The van der Waals surface area contributed by atoms with E-state index in [-0.39, 0.29) is 11.9 Å². The van der Waals surface area contributed by atoms with E-state index in [1.165, 1.54) is 0 Å². The SMILES string of the molecule is CCn1cc(Br)cc1C(=O)N(CCOC)C(C)C. The summed E-state index contributed by atoms with van der Waals surface area (Å²) < 4.78 is 7.95. The number of nitrogens with zero attached hydrogens (tertiary/aromatic N) is 2. The van der Waals surface area contributed by atoms with Crippen LogP contribution in [0.3, 0.4) is 0 Å². The van der Waals surface area contributed by atoms with Gasteiger partial charge < -0.3 is 14.2 Å². The quantitative estimate of drug-likeness (QED) is 0.808. The van der Waals surface area contributed by atoms with E-state index in [9.17, 15) is 4.79 Å². The number of rotatable bonds is 6. The minimum Gasteiger partial charge on any atom is -0.383 e. The van der Waals surface area contributed by atoms with Gasteiger partial charge in [-0.05, 0) is 42.8 Å². The molecule has 18 heavy (non-hydrogen) atoms. The zero-order chi connectivity index (χ0) is 13.7. The number of carbonyl (C=O) groups excluding carboxylic acids is 1. The van der Waals surface area contributed by atoms with Gasteiger partial charge in [0.2, 0.25) is 0 Å². The fraction of sp³-hybridized carbons (Fsp3) is 0.615. The van der Waals surface area contributed by atoms with Gasteiger partial charge in [-0.2, -0.15) is 0 Å². The molecule has 0 N–H and O–H groups in total. The summed E-state index contributed by atoms with van der Waals surface area (Å²) in [6.45, 7) is 8.00. The normalized spacial score (nSPS) is 11.0. The van der Waals surface area contributed by atoms with E-state index in [1.807, 2.05) is 42.5 Å². The van der Waals surface area contributed by atoms with Crippen LogP contribution in [0, 0.1) is 0 Å². The molecule has 0 aliphatic heterocycles. The molecule has 4 nitrogen and oxygen atoms in total. The van der Waals surface area contributed by atoms with E-state index in [1.54, 1.807) is 7.11 Å². The van der Waals surface area contributed by atoms with Crippen molar-refractivity contribution in [1.82, 2.24) is 9.47 Å². The number of ether oxygens (including phenoxy) is 1. The Kier molecular flexibility index (Phi) is 5.88. The number of methoxy groups -OCH3 is 1. The topological polar surface area (TPSA) is 34.5 Å². The van der Waals surface area contributed by atoms with Crippen molar-refractivity contribution in [2.75, 3.05) is 20.3 Å². The van der Waals surface area contributed by atoms with Crippen molar-refractivity contribution in [3.8, 4) is 0 Å². The zero-order valence-electron chi connectivity index (χ0n) is 11.4. The molecule has 0 fully saturated rings. The Morgan fingerprint density at radius 3 is 2.72 bits per heavy atom. The minimum absolute atomic E-state index is 0.0506. The van der Waals surface area contributed by atoms with Gasteiger partial charge in [-0.3, -0.25) is 4.79 Å².